The molecule has 1 aromatic carbocycles. The first-order valence-corrected chi connectivity index (χ1v) is 7.77. The molecular formula is C17H17F3N2O3. The number of alkyl halides is 3. The summed E-state index contributed by atoms with van der Waals surface area (Å²) in [5.74, 6) is -0.559. The molecule has 1 unspecified atom stereocenters. The highest BCUT2D eigenvalue weighted by Gasteiger charge is 2.32. The van der Waals surface area contributed by atoms with E-state index >= 15 is 0 Å². The third-order valence-electron chi connectivity index (χ3n) is 4.23. The lowest BCUT2D eigenvalue weighted by Gasteiger charge is -2.27. The molecule has 1 aliphatic rings. The number of nitrogens with zero attached hydrogens (tertiary/aromatic N) is 1. The Labute approximate surface area is 142 Å². The normalized spacial score (nSPS) is 17.2. The van der Waals surface area contributed by atoms with Crippen LogP contribution in [0.15, 0.2) is 30.3 Å². The van der Waals surface area contributed by atoms with Crippen molar-refractivity contribution in [2.24, 2.45) is 0 Å². The summed E-state index contributed by atoms with van der Waals surface area (Å²) < 4.78 is 43.1. The topological polar surface area (TPSA) is 63.5 Å². The second-order valence-corrected chi connectivity index (χ2v) is 5.85. The van der Waals surface area contributed by atoms with Gasteiger partial charge >= 0.3 is 6.36 Å². The average molecular weight is 354 g/mol. The van der Waals surface area contributed by atoms with E-state index < -0.39 is 6.36 Å². The quantitative estimate of drug-likeness (QED) is 0.887. The highest BCUT2D eigenvalue weighted by Crippen LogP contribution is 2.34. The molecule has 1 aromatic heterocycles. The van der Waals surface area contributed by atoms with Crippen molar-refractivity contribution < 1.29 is 27.8 Å². The Morgan fingerprint density at radius 2 is 2.12 bits per heavy atom. The van der Waals surface area contributed by atoms with Crippen LogP contribution in [-0.2, 0) is 0 Å². The van der Waals surface area contributed by atoms with E-state index in [4.69, 9.17) is 0 Å². The summed E-state index contributed by atoms with van der Waals surface area (Å²) in [6.07, 6.45) is -4.29. The molecular weight excluding hydrogens is 337 g/mol. The Morgan fingerprint density at radius 1 is 1.36 bits per heavy atom. The molecule has 5 nitrogen and oxygen atoms in total. The van der Waals surface area contributed by atoms with E-state index in [0.717, 1.165) is 5.69 Å². The fourth-order valence-corrected chi connectivity index (χ4v) is 3.19. The molecule has 8 heteroatoms. The molecule has 0 aliphatic carbocycles. The number of aliphatic hydroxyl groups is 1. The first kappa shape index (κ1) is 17.3. The predicted molar refractivity (Wildman–Crippen MR) is 84.4 cm³/mol. The van der Waals surface area contributed by atoms with Crippen molar-refractivity contribution >= 4 is 5.91 Å². The van der Waals surface area contributed by atoms with Crippen molar-refractivity contribution in [1.82, 2.24) is 9.88 Å². The number of aromatic nitrogens is 1. The highest BCUT2D eigenvalue weighted by atomic mass is 19.4. The number of carbonyl (C=O) groups is 1. The van der Waals surface area contributed by atoms with Gasteiger partial charge in [0.2, 0.25) is 0 Å². The van der Waals surface area contributed by atoms with Crippen LogP contribution in [0.25, 0.3) is 11.1 Å². The van der Waals surface area contributed by atoms with Gasteiger partial charge < -0.3 is 19.7 Å². The summed E-state index contributed by atoms with van der Waals surface area (Å²) in [4.78, 5) is 12.1. The molecule has 1 amide bonds. The van der Waals surface area contributed by atoms with Crippen LogP contribution in [0.1, 0.15) is 28.6 Å². The third-order valence-corrected chi connectivity index (χ3v) is 4.23. The largest absolute Gasteiger partial charge is 0.573 e. The van der Waals surface area contributed by atoms with Crippen molar-refractivity contribution in [3.63, 3.8) is 0 Å². The van der Waals surface area contributed by atoms with Gasteiger partial charge in [0.25, 0.3) is 5.91 Å². The summed E-state index contributed by atoms with van der Waals surface area (Å²) in [5.41, 5.74) is 2.37. The summed E-state index contributed by atoms with van der Waals surface area (Å²) in [6.45, 7) is 2.18. The van der Waals surface area contributed by atoms with Crippen LogP contribution in [-0.4, -0.2) is 35.1 Å². The minimum absolute atomic E-state index is 0.0260. The highest BCUT2D eigenvalue weighted by molar-refractivity contribution is 5.95. The molecule has 0 saturated carbocycles. The molecule has 2 aromatic rings. The number of hydrogen-bond donors (Lipinski definition) is 2. The number of amides is 1. The van der Waals surface area contributed by atoms with Crippen molar-refractivity contribution in [1.29, 1.82) is 0 Å². The zero-order chi connectivity index (χ0) is 18.2. The second-order valence-electron chi connectivity index (χ2n) is 5.85. The van der Waals surface area contributed by atoms with Crippen LogP contribution in [0, 0.1) is 6.92 Å². The predicted octanol–water partition coefficient (Wildman–Crippen LogP) is 3.03. The van der Waals surface area contributed by atoms with Gasteiger partial charge in [-0.3, -0.25) is 4.79 Å². The number of rotatable bonds is 4. The smallest absolute Gasteiger partial charge is 0.406 e. The molecule has 0 radical (unpaired) electrons. The van der Waals surface area contributed by atoms with Gasteiger partial charge in [0, 0.05) is 24.4 Å². The van der Waals surface area contributed by atoms with E-state index in [1.165, 1.54) is 18.2 Å². The van der Waals surface area contributed by atoms with Crippen LogP contribution in [0.2, 0.25) is 0 Å². The summed E-state index contributed by atoms with van der Waals surface area (Å²) in [5, 5.41) is 12.0. The van der Waals surface area contributed by atoms with Crippen LogP contribution >= 0.6 is 0 Å². The number of nitrogens with one attached hydrogen (secondary N) is 1. The number of hydrogen-bond acceptors (Lipinski definition) is 3. The maximum Gasteiger partial charge on any atom is 0.573 e. The van der Waals surface area contributed by atoms with Crippen molar-refractivity contribution in [3.8, 4) is 16.9 Å². The molecule has 1 atom stereocenters. The summed E-state index contributed by atoms with van der Waals surface area (Å²) in [7, 11) is 0. The lowest BCUT2D eigenvalue weighted by Crippen LogP contribution is -2.39. The van der Waals surface area contributed by atoms with E-state index in [1.807, 2.05) is 4.57 Å². The first-order valence-electron chi connectivity index (χ1n) is 7.77. The monoisotopic (exact) mass is 354 g/mol. The Bertz CT molecular complexity index is 799. The molecule has 0 fully saturated rings. The zero-order valence-electron chi connectivity index (χ0n) is 13.4. The maximum atomic E-state index is 12.4. The molecule has 3 rings (SSSR count). The molecule has 0 spiro atoms. The van der Waals surface area contributed by atoms with Crippen molar-refractivity contribution in [2.75, 3.05) is 13.2 Å². The van der Waals surface area contributed by atoms with Gasteiger partial charge in [0.05, 0.1) is 6.04 Å². The Hall–Kier alpha value is -2.48. The minimum atomic E-state index is -4.76. The van der Waals surface area contributed by atoms with Gasteiger partial charge in [-0.25, -0.2) is 0 Å². The Balaban J connectivity index is 2.03. The lowest BCUT2D eigenvalue weighted by atomic mass is 10.1. The number of carbonyl (C=O) groups excluding carboxylic acids is 1. The molecule has 0 bridgehead atoms. The first-order chi connectivity index (χ1) is 11.8. The van der Waals surface area contributed by atoms with E-state index in [-0.39, 0.29) is 24.3 Å². The fraction of sp³-hybridized carbons (Fsp3) is 0.353. The van der Waals surface area contributed by atoms with Gasteiger partial charge in [-0.05, 0) is 37.1 Å². The van der Waals surface area contributed by atoms with Crippen LogP contribution < -0.4 is 10.1 Å². The molecule has 2 heterocycles. The van der Waals surface area contributed by atoms with E-state index in [9.17, 15) is 23.1 Å². The minimum Gasteiger partial charge on any atom is -0.406 e. The molecule has 1 aliphatic heterocycles. The van der Waals surface area contributed by atoms with Crippen molar-refractivity contribution in [3.05, 3.63) is 41.7 Å². The van der Waals surface area contributed by atoms with Crippen LogP contribution in [0.3, 0.4) is 0 Å². The van der Waals surface area contributed by atoms with E-state index in [0.29, 0.717) is 29.8 Å². The SMILES string of the molecule is Cc1c(-c2cccc(OC(F)(F)F)c2)cc2n1C(CCO)CNC2=O. The van der Waals surface area contributed by atoms with Crippen LogP contribution in [0.4, 0.5) is 13.2 Å². The second kappa shape index (κ2) is 6.44. The van der Waals surface area contributed by atoms with Gasteiger partial charge in [-0.2, -0.15) is 0 Å². The Kier molecular flexibility index (Phi) is 4.47. The zero-order valence-corrected chi connectivity index (χ0v) is 13.4. The summed E-state index contributed by atoms with van der Waals surface area (Å²) >= 11 is 0. The third kappa shape index (κ3) is 3.48. The molecule has 0 saturated heterocycles. The molecule has 2 N–H and O–H groups in total. The molecule has 134 valence electrons. The van der Waals surface area contributed by atoms with Crippen LogP contribution in [0.5, 0.6) is 5.75 Å². The van der Waals surface area contributed by atoms with Crippen molar-refractivity contribution in [2.45, 2.75) is 25.7 Å². The number of benzene rings is 1. The number of ether oxygens (including phenoxy) is 1. The lowest BCUT2D eigenvalue weighted by molar-refractivity contribution is -0.274. The van der Waals surface area contributed by atoms with Gasteiger partial charge in [0.1, 0.15) is 11.4 Å². The number of aliphatic hydroxyl groups excluding tert-OH is 1. The summed E-state index contributed by atoms with van der Waals surface area (Å²) in [6, 6.07) is 7.21. The average Bonchev–Trinajstić information content (AvgIpc) is 2.88. The number of halogens is 3. The standard InChI is InChI=1S/C17H17F3N2O3/c1-10-14(11-3-2-4-13(7-11)25-17(18,19)20)8-15-16(24)21-9-12(5-6-23)22(10)15/h2-4,7-8,12,23H,5-6,9H2,1H3,(H,21,24). The van der Waals surface area contributed by atoms with E-state index in [2.05, 4.69) is 10.1 Å². The maximum absolute atomic E-state index is 12.4. The van der Waals surface area contributed by atoms with E-state index in [1.54, 1.807) is 19.1 Å². The fourth-order valence-electron chi connectivity index (χ4n) is 3.19. The molecule has 25 heavy (non-hydrogen) atoms. The number of fused-ring (bicyclic) bond motifs is 1. The Morgan fingerprint density at radius 3 is 2.80 bits per heavy atom. The van der Waals surface area contributed by atoms with Gasteiger partial charge in [-0.1, -0.05) is 12.1 Å². The van der Waals surface area contributed by atoms with Gasteiger partial charge in [-0.15, -0.1) is 13.2 Å². The van der Waals surface area contributed by atoms with Gasteiger partial charge in [0.15, 0.2) is 0 Å².